The Labute approximate surface area is 114 Å². The molecule has 2 rings (SSSR count). The summed E-state index contributed by atoms with van der Waals surface area (Å²) >= 11 is 1.59. The van der Waals surface area contributed by atoms with Crippen LogP contribution >= 0.6 is 11.8 Å². The van der Waals surface area contributed by atoms with Gasteiger partial charge in [-0.15, -0.1) is 0 Å². The summed E-state index contributed by atoms with van der Waals surface area (Å²) in [5.74, 6) is 1.97. The number of hydrogen-bond acceptors (Lipinski definition) is 5. The molecule has 1 N–H and O–H groups in total. The fraction of sp³-hybridized carbons (Fsp3) is 0.692. The van der Waals surface area contributed by atoms with Crippen LogP contribution in [0.1, 0.15) is 33.1 Å². The molecule has 18 heavy (non-hydrogen) atoms. The molecule has 0 amide bonds. The molecule has 2 atom stereocenters. The first-order valence-corrected chi connectivity index (χ1v) is 7.81. The van der Waals surface area contributed by atoms with Gasteiger partial charge in [0.15, 0.2) is 5.16 Å². The highest BCUT2D eigenvalue weighted by atomic mass is 32.2. The molecule has 0 aromatic carbocycles. The van der Waals surface area contributed by atoms with Crippen molar-refractivity contribution in [2.75, 3.05) is 23.5 Å². The van der Waals surface area contributed by atoms with E-state index in [9.17, 15) is 0 Å². The van der Waals surface area contributed by atoms with Crippen LogP contribution in [0.15, 0.2) is 11.2 Å². The van der Waals surface area contributed by atoms with Crippen molar-refractivity contribution in [2.45, 2.75) is 50.4 Å². The van der Waals surface area contributed by atoms with Crippen LogP contribution in [0, 0.1) is 0 Å². The summed E-state index contributed by atoms with van der Waals surface area (Å²) in [4.78, 5) is 11.6. The molecular weight excluding hydrogens is 244 g/mol. The van der Waals surface area contributed by atoms with E-state index in [2.05, 4.69) is 40.1 Å². The smallest absolute Gasteiger partial charge is 0.191 e. The van der Waals surface area contributed by atoms with Crippen molar-refractivity contribution in [1.82, 2.24) is 9.97 Å². The maximum Gasteiger partial charge on any atom is 0.191 e. The summed E-state index contributed by atoms with van der Waals surface area (Å²) in [5.41, 5.74) is 0. The summed E-state index contributed by atoms with van der Waals surface area (Å²) < 4.78 is 0. The second-order valence-corrected chi connectivity index (χ2v) is 5.52. The van der Waals surface area contributed by atoms with Gasteiger partial charge in [0.05, 0.1) is 0 Å². The lowest BCUT2D eigenvalue weighted by Gasteiger charge is -2.29. The molecule has 1 aliphatic rings. The van der Waals surface area contributed by atoms with Crippen molar-refractivity contribution in [3.8, 4) is 0 Å². The molecule has 2 unspecified atom stereocenters. The third kappa shape index (κ3) is 2.55. The van der Waals surface area contributed by atoms with Gasteiger partial charge >= 0.3 is 0 Å². The number of rotatable bonds is 4. The lowest BCUT2D eigenvalue weighted by atomic mass is 10.1. The standard InChI is InChI=1S/C13H22N4S/c1-5-10-7-6-9(2)17(10)12-8-11(14-3)15-13(16-12)18-4/h8-10H,5-7H2,1-4H3,(H,14,15,16). The van der Waals surface area contributed by atoms with Crippen LogP contribution in [0.2, 0.25) is 0 Å². The van der Waals surface area contributed by atoms with Crippen molar-refractivity contribution in [3.05, 3.63) is 6.07 Å². The van der Waals surface area contributed by atoms with Gasteiger partial charge in [-0.2, -0.15) is 0 Å². The molecule has 1 fully saturated rings. The Balaban J connectivity index is 2.36. The molecule has 2 heterocycles. The Kier molecular flexibility index (Phi) is 4.32. The van der Waals surface area contributed by atoms with Crippen molar-refractivity contribution in [2.24, 2.45) is 0 Å². The van der Waals surface area contributed by atoms with E-state index in [4.69, 9.17) is 0 Å². The van der Waals surface area contributed by atoms with E-state index in [1.165, 1.54) is 19.3 Å². The number of aromatic nitrogens is 2. The predicted octanol–water partition coefficient (Wildman–Crippen LogP) is 3.01. The monoisotopic (exact) mass is 266 g/mol. The summed E-state index contributed by atoms with van der Waals surface area (Å²) in [6.07, 6.45) is 5.72. The molecule has 1 aromatic heterocycles. The normalized spacial score (nSPS) is 23.4. The quantitative estimate of drug-likeness (QED) is 0.670. The van der Waals surface area contributed by atoms with Crippen molar-refractivity contribution >= 4 is 23.4 Å². The highest BCUT2D eigenvalue weighted by Gasteiger charge is 2.30. The maximum atomic E-state index is 4.67. The molecule has 4 nitrogen and oxygen atoms in total. The molecule has 5 heteroatoms. The van der Waals surface area contributed by atoms with Gasteiger partial charge in [-0.1, -0.05) is 18.7 Å². The van der Waals surface area contributed by atoms with E-state index >= 15 is 0 Å². The van der Waals surface area contributed by atoms with Gasteiger partial charge in [0.2, 0.25) is 0 Å². The fourth-order valence-electron chi connectivity index (χ4n) is 2.65. The van der Waals surface area contributed by atoms with Crippen LogP contribution in [0.5, 0.6) is 0 Å². The zero-order valence-electron chi connectivity index (χ0n) is 11.6. The van der Waals surface area contributed by atoms with Crippen LogP contribution in [0.4, 0.5) is 11.6 Å². The lowest BCUT2D eigenvalue weighted by Crippen LogP contribution is -2.35. The topological polar surface area (TPSA) is 41.0 Å². The second-order valence-electron chi connectivity index (χ2n) is 4.74. The highest BCUT2D eigenvalue weighted by Crippen LogP contribution is 2.32. The van der Waals surface area contributed by atoms with Crippen LogP contribution in [0.25, 0.3) is 0 Å². The average molecular weight is 266 g/mol. The van der Waals surface area contributed by atoms with E-state index in [1.807, 2.05) is 13.3 Å². The molecule has 0 radical (unpaired) electrons. The predicted molar refractivity (Wildman–Crippen MR) is 78.6 cm³/mol. The van der Waals surface area contributed by atoms with Crippen molar-refractivity contribution in [1.29, 1.82) is 0 Å². The minimum atomic E-state index is 0.573. The Bertz CT molecular complexity index is 388. The van der Waals surface area contributed by atoms with E-state index in [0.717, 1.165) is 16.8 Å². The first kappa shape index (κ1) is 13.5. The van der Waals surface area contributed by atoms with Gasteiger partial charge in [-0.3, -0.25) is 0 Å². The van der Waals surface area contributed by atoms with E-state index in [1.54, 1.807) is 11.8 Å². The summed E-state index contributed by atoms with van der Waals surface area (Å²) in [6.45, 7) is 4.54. The number of thioether (sulfide) groups is 1. The SMILES string of the molecule is CCC1CCC(C)N1c1cc(NC)nc(SC)n1. The van der Waals surface area contributed by atoms with Gasteiger partial charge in [0.25, 0.3) is 0 Å². The summed E-state index contributed by atoms with van der Waals surface area (Å²) in [5, 5.41) is 3.96. The number of nitrogens with one attached hydrogen (secondary N) is 1. The van der Waals surface area contributed by atoms with Crippen LogP contribution in [0.3, 0.4) is 0 Å². The number of anilines is 2. The third-order valence-corrected chi connectivity index (χ3v) is 4.20. The van der Waals surface area contributed by atoms with Gasteiger partial charge in [-0.25, -0.2) is 9.97 Å². The molecular formula is C13H22N4S. The first-order valence-electron chi connectivity index (χ1n) is 6.58. The third-order valence-electron chi connectivity index (χ3n) is 3.65. The average Bonchev–Trinajstić information content (AvgIpc) is 2.79. The fourth-order valence-corrected chi connectivity index (χ4v) is 3.02. The maximum absolute atomic E-state index is 4.67. The Morgan fingerprint density at radius 2 is 2.22 bits per heavy atom. The largest absolute Gasteiger partial charge is 0.373 e. The van der Waals surface area contributed by atoms with Crippen LogP contribution < -0.4 is 10.2 Å². The Hall–Kier alpha value is -0.970. The van der Waals surface area contributed by atoms with E-state index in [-0.39, 0.29) is 0 Å². The number of hydrogen-bond donors (Lipinski definition) is 1. The molecule has 0 spiro atoms. The van der Waals surface area contributed by atoms with Gasteiger partial charge in [-0.05, 0) is 32.4 Å². The molecule has 0 bridgehead atoms. The van der Waals surface area contributed by atoms with Crippen molar-refractivity contribution in [3.63, 3.8) is 0 Å². The van der Waals surface area contributed by atoms with Gasteiger partial charge in [0, 0.05) is 25.2 Å². The minimum absolute atomic E-state index is 0.573. The first-order chi connectivity index (χ1) is 8.69. The zero-order valence-corrected chi connectivity index (χ0v) is 12.4. The summed E-state index contributed by atoms with van der Waals surface area (Å²) in [7, 11) is 1.90. The molecule has 1 saturated heterocycles. The van der Waals surface area contributed by atoms with E-state index in [0.29, 0.717) is 12.1 Å². The molecule has 1 aromatic rings. The summed E-state index contributed by atoms with van der Waals surface area (Å²) in [6, 6.07) is 3.25. The van der Waals surface area contributed by atoms with E-state index < -0.39 is 0 Å². The van der Waals surface area contributed by atoms with Crippen LogP contribution in [-0.2, 0) is 0 Å². The van der Waals surface area contributed by atoms with Gasteiger partial charge in [0.1, 0.15) is 11.6 Å². The minimum Gasteiger partial charge on any atom is -0.373 e. The highest BCUT2D eigenvalue weighted by molar-refractivity contribution is 7.98. The lowest BCUT2D eigenvalue weighted by molar-refractivity contribution is 0.617. The molecule has 0 saturated carbocycles. The zero-order chi connectivity index (χ0) is 13.1. The second kappa shape index (κ2) is 5.78. The van der Waals surface area contributed by atoms with Gasteiger partial charge < -0.3 is 10.2 Å². The molecule has 0 aliphatic carbocycles. The number of nitrogens with zero attached hydrogens (tertiary/aromatic N) is 3. The van der Waals surface area contributed by atoms with Crippen LogP contribution in [-0.4, -0.2) is 35.4 Å². The van der Waals surface area contributed by atoms with Crippen molar-refractivity contribution < 1.29 is 0 Å². The molecule has 1 aliphatic heterocycles. The Morgan fingerprint density at radius 1 is 1.44 bits per heavy atom. The Morgan fingerprint density at radius 3 is 2.83 bits per heavy atom. The molecule has 100 valence electrons.